The Kier molecular flexibility index (Phi) is 6.02. The van der Waals surface area contributed by atoms with Crippen molar-refractivity contribution in [3.8, 4) is 0 Å². The molecule has 2 fully saturated rings. The number of hydrogen-bond acceptors (Lipinski definition) is 4. The van der Waals surface area contributed by atoms with Crippen LogP contribution in [0.15, 0.2) is 30.3 Å². The van der Waals surface area contributed by atoms with Crippen LogP contribution in [-0.4, -0.2) is 79.5 Å². The molecule has 0 radical (unpaired) electrons. The minimum Gasteiger partial charge on any atom is -0.389 e. The number of likely N-dealkylation sites (tertiary alicyclic amines) is 1. The molecule has 1 aromatic rings. The topological polar surface area (TPSA) is 64.1 Å². The molecule has 27 heavy (non-hydrogen) atoms. The summed E-state index contributed by atoms with van der Waals surface area (Å²) in [6.45, 7) is 2.85. The molecule has 1 aromatic carbocycles. The summed E-state index contributed by atoms with van der Waals surface area (Å²) in [5.41, 5.74) is 0.154. The van der Waals surface area contributed by atoms with Crippen LogP contribution in [0.2, 0.25) is 0 Å². The SMILES string of the molecule is CN(C)S(=O)(=O)N1CC[C@@]2(O)CCN(C/C=C/c3ccc(F)cc3)C[C@H]2C1. The summed E-state index contributed by atoms with van der Waals surface area (Å²) >= 11 is 0. The summed E-state index contributed by atoms with van der Waals surface area (Å²) < 4.78 is 40.5. The first kappa shape index (κ1) is 20.4. The van der Waals surface area contributed by atoms with Crippen LogP contribution in [0.5, 0.6) is 0 Å². The van der Waals surface area contributed by atoms with Gasteiger partial charge in [0.2, 0.25) is 0 Å². The maximum atomic E-state index is 13.0. The van der Waals surface area contributed by atoms with Crippen LogP contribution in [0.25, 0.3) is 6.08 Å². The van der Waals surface area contributed by atoms with Crippen LogP contribution < -0.4 is 0 Å². The Hall–Kier alpha value is -1.32. The van der Waals surface area contributed by atoms with E-state index in [1.165, 1.54) is 34.8 Å². The van der Waals surface area contributed by atoms with Gasteiger partial charge in [-0.05, 0) is 30.5 Å². The lowest BCUT2D eigenvalue weighted by Crippen LogP contribution is -2.61. The van der Waals surface area contributed by atoms with Gasteiger partial charge in [0.1, 0.15) is 5.82 Å². The van der Waals surface area contributed by atoms with Gasteiger partial charge < -0.3 is 5.11 Å². The summed E-state index contributed by atoms with van der Waals surface area (Å²) in [7, 11) is -0.396. The van der Waals surface area contributed by atoms with Gasteiger partial charge in [-0.2, -0.15) is 17.0 Å². The molecule has 0 unspecified atom stereocenters. The molecule has 0 spiro atoms. The fourth-order valence-corrected chi connectivity index (χ4v) is 5.01. The second-order valence-corrected chi connectivity index (χ2v) is 9.80. The van der Waals surface area contributed by atoms with Crippen LogP contribution >= 0.6 is 0 Å². The molecule has 150 valence electrons. The van der Waals surface area contributed by atoms with Gasteiger partial charge in [0.05, 0.1) is 5.60 Å². The Balaban J connectivity index is 1.61. The maximum absolute atomic E-state index is 13.0. The average Bonchev–Trinajstić information content (AvgIpc) is 2.63. The number of hydrogen-bond donors (Lipinski definition) is 1. The summed E-state index contributed by atoms with van der Waals surface area (Å²) in [6.07, 6.45) is 5.10. The van der Waals surface area contributed by atoms with E-state index in [0.29, 0.717) is 39.0 Å². The van der Waals surface area contributed by atoms with Crippen LogP contribution in [0, 0.1) is 11.7 Å². The molecule has 2 atom stereocenters. The number of fused-ring (bicyclic) bond motifs is 1. The Morgan fingerprint density at radius 2 is 1.89 bits per heavy atom. The summed E-state index contributed by atoms with van der Waals surface area (Å²) in [5, 5.41) is 10.9. The highest BCUT2D eigenvalue weighted by atomic mass is 32.2. The monoisotopic (exact) mass is 397 g/mol. The van der Waals surface area contributed by atoms with E-state index < -0.39 is 15.8 Å². The second kappa shape index (κ2) is 7.97. The number of piperidine rings is 2. The van der Waals surface area contributed by atoms with Gasteiger partial charge in [0, 0.05) is 52.7 Å². The van der Waals surface area contributed by atoms with Gasteiger partial charge in [-0.25, -0.2) is 4.39 Å². The van der Waals surface area contributed by atoms with Crippen molar-refractivity contribution in [1.82, 2.24) is 13.5 Å². The Labute approximate surface area is 161 Å². The van der Waals surface area contributed by atoms with Crippen LogP contribution in [0.3, 0.4) is 0 Å². The molecule has 0 aliphatic carbocycles. The van der Waals surface area contributed by atoms with Gasteiger partial charge in [0.15, 0.2) is 0 Å². The van der Waals surface area contributed by atoms with E-state index in [4.69, 9.17) is 0 Å². The summed E-state index contributed by atoms with van der Waals surface area (Å²) in [4.78, 5) is 2.23. The predicted octanol–water partition coefficient (Wildman–Crippen LogP) is 1.40. The first-order valence-corrected chi connectivity index (χ1v) is 10.6. The Morgan fingerprint density at radius 3 is 2.56 bits per heavy atom. The standard InChI is InChI=1S/C19H28FN3O3S/c1-21(2)27(25,26)23-13-10-19(24)9-12-22(14-17(19)15-23)11-3-4-16-5-7-18(20)8-6-16/h3-8,17,24H,9-15H2,1-2H3/b4-3+/t17-,19-/m0/s1. The number of benzene rings is 1. The summed E-state index contributed by atoms with van der Waals surface area (Å²) in [6, 6.07) is 6.32. The van der Waals surface area contributed by atoms with Crippen LogP contribution in [0.4, 0.5) is 4.39 Å². The van der Waals surface area contributed by atoms with Crippen molar-refractivity contribution >= 4 is 16.3 Å². The average molecular weight is 398 g/mol. The zero-order chi connectivity index (χ0) is 19.7. The number of aliphatic hydroxyl groups is 1. The largest absolute Gasteiger partial charge is 0.389 e. The fraction of sp³-hybridized carbons (Fsp3) is 0.579. The number of nitrogens with zero attached hydrogens (tertiary/aromatic N) is 3. The third kappa shape index (κ3) is 4.57. The van der Waals surface area contributed by atoms with Crippen molar-refractivity contribution in [2.24, 2.45) is 5.92 Å². The summed E-state index contributed by atoms with van der Waals surface area (Å²) in [5.74, 6) is -0.356. The third-order valence-corrected chi connectivity index (χ3v) is 7.56. The van der Waals surface area contributed by atoms with E-state index >= 15 is 0 Å². The molecule has 0 amide bonds. The van der Waals surface area contributed by atoms with E-state index in [1.54, 1.807) is 12.1 Å². The lowest BCUT2D eigenvalue weighted by molar-refractivity contribution is -0.0998. The highest BCUT2D eigenvalue weighted by Crippen LogP contribution is 2.36. The first-order valence-electron chi connectivity index (χ1n) is 9.25. The van der Waals surface area contributed by atoms with Gasteiger partial charge in [-0.15, -0.1) is 0 Å². The fourth-order valence-electron chi connectivity index (χ4n) is 3.86. The normalized spacial score (nSPS) is 28.0. The minimum atomic E-state index is -3.46. The molecule has 1 N–H and O–H groups in total. The number of rotatable bonds is 5. The minimum absolute atomic E-state index is 0.103. The van der Waals surface area contributed by atoms with E-state index in [1.807, 2.05) is 12.2 Å². The van der Waals surface area contributed by atoms with Crippen molar-refractivity contribution < 1.29 is 17.9 Å². The first-order chi connectivity index (χ1) is 12.7. The highest BCUT2D eigenvalue weighted by molar-refractivity contribution is 7.86. The number of halogens is 1. The molecule has 0 bridgehead atoms. The zero-order valence-electron chi connectivity index (χ0n) is 15.9. The van der Waals surface area contributed by atoms with Crippen molar-refractivity contribution in [2.75, 3.05) is 46.8 Å². The molecular weight excluding hydrogens is 369 g/mol. The van der Waals surface area contributed by atoms with Gasteiger partial charge >= 0.3 is 0 Å². The van der Waals surface area contributed by atoms with E-state index in [2.05, 4.69) is 4.90 Å². The molecule has 2 aliphatic rings. The lowest BCUT2D eigenvalue weighted by atomic mass is 9.76. The van der Waals surface area contributed by atoms with Crippen molar-refractivity contribution in [1.29, 1.82) is 0 Å². The lowest BCUT2D eigenvalue weighted by Gasteiger charge is -2.49. The maximum Gasteiger partial charge on any atom is 0.281 e. The molecule has 8 heteroatoms. The van der Waals surface area contributed by atoms with Crippen LogP contribution in [0.1, 0.15) is 18.4 Å². The van der Waals surface area contributed by atoms with Crippen LogP contribution in [-0.2, 0) is 10.2 Å². The van der Waals surface area contributed by atoms with Gasteiger partial charge in [-0.3, -0.25) is 4.90 Å². The molecule has 2 saturated heterocycles. The Bertz CT molecular complexity index is 782. The second-order valence-electron chi connectivity index (χ2n) is 7.66. The quantitative estimate of drug-likeness (QED) is 0.816. The van der Waals surface area contributed by atoms with Crippen molar-refractivity contribution in [3.05, 3.63) is 41.7 Å². The predicted molar refractivity (Wildman–Crippen MR) is 104 cm³/mol. The molecule has 2 heterocycles. The van der Waals surface area contributed by atoms with Gasteiger partial charge in [-0.1, -0.05) is 24.3 Å². The molecule has 0 saturated carbocycles. The van der Waals surface area contributed by atoms with Crippen molar-refractivity contribution in [3.63, 3.8) is 0 Å². The molecule has 0 aromatic heterocycles. The smallest absolute Gasteiger partial charge is 0.281 e. The third-order valence-electron chi connectivity index (χ3n) is 5.65. The molecule has 2 aliphatic heterocycles. The van der Waals surface area contributed by atoms with Gasteiger partial charge in [0.25, 0.3) is 10.2 Å². The molecular formula is C19H28FN3O3S. The zero-order valence-corrected chi connectivity index (χ0v) is 16.7. The molecule has 6 nitrogen and oxygen atoms in total. The molecule has 3 rings (SSSR count). The highest BCUT2D eigenvalue weighted by Gasteiger charge is 2.47. The van der Waals surface area contributed by atoms with E-state index in [-0.39, 0.29) is 11.7 Å². The Morgan fingerprint density at radius 1 is 1.22 bits per heavy atom. The van der Waals surface area contributed by atoms with E-state index in [0.717, 1.165) is 12.1 Å². The van der Waals surface area contributed by atoms with Crippen molar-refractivity contribution in [2.45, 2.75) is 18.4 Å². The van der Waals surface area contributed by atoms with E-state index in [9.17, 15) is 17.9 Å².